The molecule has 1 heterocycles. The Hall–Kier alpha value is -4.41. The van der Waals surface area contributed by atoms with E-state index in [0.717, 1.165) is 44.9 Å². The van der Waals surface area contributed by atoms with Gasteiger partial charge in [-0.3, -0.25) is 4.79 Å². The molecule has 0 atom stereocenters. The molecule has 5 aromatic rings. The first kappa shape index (κ1) is 25.2. The molecule has 0 aliphatic heterocycles. The van der Waals surface area contributed by atoms with E-state index in [1.807, 2.05) is 12.1 Å². The summed E-state index contributed by atoms with van der Waals surface area (Å²) in [6.07, 6.45) is 2.78. The Morgan fingerprint density at radius 2 is 1.34 bits per heavy atom. The summed E-state index contributed by atoms with van der Waals surface area (Å²) in [5, 5.41) is 0.477. The van der Waals surface area contributed by atoms with Crippen molar-refractivity contribution in [2.24, 2.45) is 0 Å². The van der Waals surface area contributed by atoms with Gasteiger partial charge in [0.25, 0.3) is 0 Å². The number of aryl methyl sites for hydroxylation is 1. The van der Waals surface area contributed by atoms with Crippen LogP contribution in [0.5, 0.6) is 0 Å². The molecule has 0 amide bonds. The van der Waals surface area contributed by atoms with Crippen molar-refractivity contribution < 1.29 is 9.53 Å². The number of pyridine rings is 1. The van der Waals surface area contributed by atoms with Crippen LogP contribution in [0, 0.1) is 0 Å². The van der Waals surface area contributed by atoms with Crippen LogP contribution in [0.25, 0.3) is 22.3 Å². The molecule has 0 saturated carbocycles. The van der Waals surface area contributed by atoms with E-state index in [1.54, 1.807) is 12.3 Å². The number of nitrogens with zero attached hydrogens (tertiary/aromatic N) is 2. The molecule has 0 aliphatic carbocycles. The van der Waals surface area contributed by atoms with Gasteiger partial charge >= 0.3 is 5.97 Å². The molecular weight excluding hydrogens is 492 g/mol. The van der Waals surface area contributed by atoms with Crippen LogP contribution in [-0.2, 0) is 16.0 Å². The molecule has 5 heteroatoms. The van der Waals surface area contributed by atoms with Crippen LogP contribution in [0.3, 0.4) is 0 Å². The lowest BCUT2D eigenvalue weighted by atomic mass is 10.0. The van der Waals surface area contributed by atoms with Crippen molar-refractivity contribution in [2.45, 2.75) is 12.8 Å². The lowest BCUT2D eigenvalue weighted by molar-refractivity contribution is -0.140. The van der Waals surface area contributed by atoms with E-state index in [9.17, 15) is 4.79 Å². The van der Waals surface area contributed by atoms with Gasteiger partial charge in [0.1, 0.15) is 5.15 Å². The summed E-state index contributed by atoms with van der Waals surface area (Å²) in [6, 6.07) is 39.4. The van der Waals surface area contributed by atoms with Gasteiger partial charge in [0.15, 0.2) is 0 Å². The molecule has 188 valence electrons. The van der Waals surface area contributed by atoms with Crippen molar-refractivity contribution in [1.82, 2.24) is 4.98 Å². The van der Waals surface area contributed by atoms with Gasteiger partial charge in [0, 0.05) is 35.2 Å². The van der Waals surface area contributed by atoms with Crippen LogP contribution in [0.15, 0.2) is 121 Å². The molecule has 5 rings (SSSR count). The highest BCUT2D eigenvalue weighted by molar-refractivity contribution is 6.29. The van der Waals surface area contributed by atoms with E-state index in [4.69, 9.17) is 16.3 Å². The SMILES string of the molecule is COC(=O)CCc1ccc(N(c2ccc(-c3ccc(Cl)nc3)cc2)c2cccc(-c3ccccc3)c2)cc1. The van der Waals surface area contributed by atoms with Crippen molar-refractivity contribution in [3.63, 3.8) is 0 Å². The minimum absolute atomic E-state index is 0.204. The number of rotatable bonds is 8. The van der Waals surface area contributed by atoms with Gasteiger partial charge in [-0.05, 0) is 77.2 Å². The van der Waals surface area contributed by atoms with E-state index < -0.39 is 0 Å². The van der Waals surface area contributed by atoms with E-state index >= 15 is 0 Å². The highest BCUT2D eigenvalue weighted by Gasteiger charge is 2.14. The van der Waals surface area contributed by atoms with E-state index in [0.29, 0.717) is 18.0 Å². The summed E-state index contributed by atoms with van der Waals surface area (Å²) < 4.78 is 4.79. The Balaban J connectivity index is 1.51. The smallest absolute Gasteiger partial charge is 0.305 e. The molecule has 38 heavy (non-hydrogen) atoms. The summed E-state index contributed by atoms with van der Waals surface area (Å²) in [6.45, 7) is 0. The molecule has 0 fully saturated rings. The Morgan fingerprint density at radius 1 is 0.711 bits per heavy atom. The van der Waals surface area contributed by atoms with Gasteiger partial charge in [-0.15, -0.1) is 0 Å². The minimum Gasteiger partial charge on any atom is -0.469 e. The maximum absolute atomic E-state index is 11.6. The van der Waals surface area contributed by atoms with E-state index in [1.165, 1.54) is 7.11 Å². The lowest BCUT2D eigenvalue weighted by Gasteiger charge is -2.26. The Kier molecular flexibility index (Phi) is 7.81. The summed E-state index contributed by atoms with van der Waals surface area (Å²) in [5.41, 5.74) is 8.57. The summed E-state index contributed by atoms with van der Waals surface area (Å²) in [7, 11) is 1.42. The second-order valence-electron chi connectivity index (χ2n) is 8.91. The standard InChI is InChI=1S/C33H27ClN2O2/c1-38-33(37)21-12-24-10-16-29(17-11-24)36(31-9-5-8-27(22-31)25-6-3-2-4-7-25)30-18-13-26(14-19-30)28-15-20-32(34)35-23-28/h2-11,13-20,22-23H,12,21H2,1H3. The normalized spacial score (nSPS) is 10.7. The first-order valence-electron chi connectivity index (χ1n) is 12.4. The number of methoxy groups -OCH3 is 1. The molecule has 1 aromatic heterocycles. The predicted molar refractivity (Wildman–Crippen MR) is 155 cm³/mol. The molecule has 0 radical (unpaired) electrons. The molecule has 0 aliphatic rings. The maximum Gasteiger partial charge on any atom is 0.305 e. The summed E-state index contributed by atoms with van der Waals surface area (Å²) in [4.78, 5) is 18.0. The third-order valence-corrected chi connectivity index (χ3v) is 6.66. The number of anilines is 3. The molecule has 0 unspecified atom stereocenters. The number of aromatic nitrogens is 1. The Bertz CT molecular complexity index is 1500. The first-order chi connectivity index (χ1) is 18.6. The van der Waals surface area contributed by atoms with Crippen molar-refractivity contribution in [3.05, 3.63) is 132 Å². The molecule has 4 nitrogen and oxygen atoms in total. The molecule has 0 saturated heterocycles. The first-order valence-corrected chi connectivity index (χ1v) is 12.8. The Labute approximate surface area is 228 Å². The Morgan fingerprint density at radius 3 is 2.00 bits per heavy atom. The maximum atomic E-state index is 11.6. The molecule has 4 aromatic carbocycles. The fourth-order valence-electron chi connectivity index (χ4n) is 4.41. The van der Waals surface area contributed by atoms with Crippen molar-refractivity contribution in [1.29, 1.82) is 0 Å². The zero-order valence-corrected chi connectivity index (χ0v) is 21.8. The average Bonchev–Trinajstić information content (AvgIpc) is 2.98. The van der Waals surface area contributed by atoms with Crippen LogP contribution in [-0.4, -0.2) is 18.1 Å². The van der Waals surface area contributed by atoms with Gasteiger partial charge in [0.05, 0.1) is 7.11 Å². The van der Waals surface area contributed by atoms with Crippen molar-refractivity contribution >= 4 is 34.6 Å². The minimum atomic E-state index is -0.204. The average molecular weight is 519 g/mol. The van der Waals surface area contributed by atoms with Crippen LogP contribution in [0.4, 0.5) is 17.1 Å². The van der Waals surface area contributed by atoms with Crippen molar-refractivity contribution in [2.75, 3.05) is 12.0 Å². The zero-order chi connectivity index (χ0) is 26.3. The molecule has 0 N–H and O–H groups in total. The van der Waals surface area contributed by atoms with Gasteiger partial charge in [-0.1, -0.05) is 78.3 Å². The quantitative estimate of drug-likeness (QED) is 0.152. The van der Waals surface area contributed by atoms with Gasteiger partial charge in [0.2, 0.25) is 0 Å². The number of ether oxygens (including phenoxy) is 1. The van der Waals surface area contributed by atoms with Crippen LogP contribution < -0.4 is 4.90 Å². The fourth-order valence-corrected chi connectivity index (χ4v) is 4.52. The topological polar surface area (TPSA) is 42.4 Å². The van der Waals surface area contributed by atoms with E-state index in [2.05, 4.69) is 107 Å². The largest absolute Gasteiger partial charge is 0.469 e. The number of halogens is 1. The number of benzene rings is 4. The number of esters is 1. The second-order valence-corrected chi connectivity index (χ2v) is 9.30. The number of hydrogen-bond acceptors (Lipinski definition) is 4. The van der Waals surface area contributed by atoms with Crippen molar-refractivity contribution in [3.8, 4) is 22.3 Å². The van der Waals surface area contributed by atoms with Gasteiger partial charge < -0.3 is 9.64 Å². The van der Waals surface area contributed by atoms with Crippen LogP contribution in [0.2, 0.25) is 5.15 Å². The highest BCUT2D eigenvalue weighted by atomic mass is 35.5. The third kappa shape index (κ3) is 5.93. The zero-order valence-electron chi connectivity index (χ0n) is 21.1. The van der Waals surface area contributed by atoms with Crippen LogP contribution in [0.1, 0.15) is 12.0 Å². The second kappa shape index (κ2) is 11.8. The molecule has 0 bridgehead atoms. The van der Waals surface area contributed by atoms with Gasteiger partial charge in [-0.25, -0.2) is 4.98 Å². The lowest BCUT2D eigenvalue weighted by Crippen LogP contribution is -2.10. The monoisotopic (exact) mass is 518 g/mol. The third-order valence-electron chi connectivity index (χ3n) is 6.44. The summed E-state index contributed by atoms with van der Waals surface area (Å²) >= 11 is 5.97. The predicted octanol–water partition coefficient (Wildman–Crippen LogP) is 8.64. The van der Waals surface area contributed by atoms with E-state index in [-0.39, 0.29) is 5.97 Å². The number of carbonyl (C=O) groups excluding carboxylic acids is 1. The van der Waals surface area contributed by atoms with Gasteiger partial charge in [-0.2, -0.15) is 0 Å². The fraction of sp³-hybridized carbons (Fsp3) is 0.0909. The molecule has 0 spiro atoms. The van der Waals surface area contributed by atoms with Crippen LogP contribution >= 0.6 is 11.6 Å². The highest BCUT2D eigenvalue weighted by Crippen LogP contribution is 2.37. The number of carbonyl (C=O) groups is 1. The summed E-state index contributed by atoms with van der Waals surface area (Å²) in [5.74, 6) is -0.204. The number of hydrogen-bond donors (Lipinski definition) is 0. The molecular formula is C33H27ClN2O2.